The molecule has 0 spiro atoms. The number of hydrogen-bond acceptors (Lipinski definition) is 3. The van der Waals surface area contributed by atoms with Crippen LogP contribution in [0.1, 0.15) is 20.3 Å². The summed E-state index contributed by atoms with van der Waals surface area (Å²) in [6.45, 7) is 8.08. The monoisotopic (exact) mass is 172 g/mol. The van der Waals surface area contributed by atoms with E-state index < -0.39 is 5.79 Å². The van der Waals surface area contributed by atoms with Crippen molar-refractivity contribution in [3.63, 3.8) is 0 Å². The van der Waals surface area contributed by atoms with E-state index >= 15 is 0 Å². The van der Waals surface area contributed by atoms with E-state index in [-0.39, 0.29) is 12.7 Å². The highest BCUT2D eigenvalue weighted by Crippen LogP contribution is 2.25. The van der Waals surface area contributed by atoms with Crippen LogP contribution in [0.15, 0.2) is 12.2 Å². The number of aliphatic hydroxyl groups is 1. The molecule has 3 heteroatoms. The Hall–Kier alpha value is -0.380. The van der Waals surface area contributed by atoms with Crippen LogP contribution in [0, 0.1) is 0 Å². The molecule has 0 amide bonds. The van der Waals surface area contributed by atoms with Crippen molar-refractivity contribution in [2.24, 2.45) is 0 Å². The predicted molar refractivity (Wildman–Crippen MR) is 45.7 cm³/mol. The van der Waals surface area contributed by atoms with Gasteiger partial charge in [0.1, 0.15) is 0 Å². The molecule has 0 radical (unpaired) electrons. The van der Waals surface area contributed by atoms with Gasteiger partial charge in [0, 0.05) is 0 Å². The molecule has 1 rings (SSSR count). The molecule has 0 bridgehead atoms. The molecule has 3 nitrogen and oxygen atoms in total. The number of hydrogen-bond donors (Lipinski definition) is 1. The second-order valence-corrected chi connectivity index (χ2v) is 3.56. The molecular weight excluding hydrogens is 156 g/mol. The van der Waals surface area contributed by atoms with Crippen molar-refractivity contribution >= 4 is 0 Å². The molecule has 0 aromatic carbocycles. The summed E-state index contributed by atoms with van der Waals surface area (Å²) in [6.07, 6.45) is 0.736. The van der Waals surface area contributed by atoms with Gasteiger partial charge in [-0.05, 0) is 25.8 Å². The average molecular weight is 172 g/mol. The Morgan fingerprint density at radius 2 is 2.33 bits per heavy atom. The number of aliphatic hydroxyl groups excluding tert-OH is 1. The third-order valence-electron chi connectivity index (χ3n) is 1.81. The van der Waals surface area contributed by atoms with E-state index in [0.717, 1.165) is 5.57 Å². The van der Waals surface area contributed by atoms with E-state index in [9.17, 15) is 0 Å². The van der Waals surface area contributed by atoms with Gasteiger partial charge in [-0.2, -0.15) is 0 Å². The molecule has 1 aliphatic heterocycles. The summed E-state index contributed by atoms with van der Waals surface area (Å²) in [5, 5.41) is 8.73. The van der Waals surface area contributed by atoms with Crippen LogP contribution in [0.5, 0.6) is 0 Å². The van der Waals surface area contributed by atoms with E-state index in [1.807, 2.05) is 13.8 Å². The van der Waals surface area contributed by atoms with Crippen LogP contribution in [-0.2, 0) is 9.47 Å². The zero-order chi connectivity index (χ0) is 9.19. The first kappa shape index (κ1) is 9.71. The molecule has 1 saturated heterocycles. The molecule has 1 aliphatic rings. The molecular formula is C9H16O3. The predicted octanol–water partition coefficient (Wildman–Crippen LogP) is 1.08. The fraction of sp³-hybridized carbons (Fsp3) is 0.778. The van der Waals surface area contributed by atoms with E-state index in [1.165, 1.54) is 0 Å². The summed E-state index contributed by atoms with van der Waals surface area (Å²) in [5.74, 6) is -0.472. The molecule has 12 heavy (non-hydrogen) atoms. The molecule has 1 heterocycles. The van der Waals surface area contributed by atoms with E-state index in [1.54, 1.807) is 0 Å². The van der Waals surface area contributed by atoms with Crippen LogP contribution in [0.4, 0.5) is 0 Å². The van der Waals surface area contributed by atoms with Crippen molar-refractivity contribution in [3.8, 4) is 0 Å². The fourth-order valence-electron chi connectivity index (χ4n) is 1.25. The van der Waals surface area contributed by atoms with Gasteiger partial charge in [-0.3, -0.25) is 0 Å². The van der Waals surface area contributed by atoms with Crippen molar-refractivity contribution in [3.05, 3.63) is 12.2 Å². The van der Waals surface area contributed by atoms with Crippen molar-refractivity contribution in [2.45, 2.75) is 32.2 Å². The zero-order valence-corrected chi connectivity index (χ0v) is 7.67. The van der Waals surface area contributed by atoms with Crippen molar-refractivity contribution in [2.75, 3.05) is 13.2 Å². The minimum Gasteiger partial charge on any atom is -0.392 e. The van der Waals surface area contributed by atoms with Crippen LogP contribution in [-0.4, -0.2) is 30.2 Å². The fourth-order valence-corrected chi connectivity index (χ4v) is 1.25. The second-order valence-electron chi connectivity index (χ2n) is 3.56. The van der Waals surface area contributed by atoms with Crippen LogP contribution in [0.2, 0.25) is 0 Å². The Morgan fingerprint density at radius 1 is 1.67 bits per heavy atom. The van der Waals surface area contributed by atoms with Gasteiger partial charge in [-0.15, -0.1) is 0 Å². The topological polar surface area (TPSA) is 38.7 Å². The van der Waals surface area contributed by atoms with Gasteiger partial charge in [0.15, 0.2) is 5.79 Å². The van der Waals surface area contributed by atoms with Crippen molar-refractivity contribution in [1.29, 1.82) is 0 Å². The Labute approximate surface area is 73.0 Å². The molecule has 0 aromatic rings. The Morgan fingerprint density at radius 3 is 2.75 bits per heavy atom. The number of rotatable bonds is 3. The summed E-state index contributed by atoms with van der Waals surface area (Å²) in [5.41, 5.74) is 0.793. The van der Waals surface area contributed by atoms with Gasteiger partial charge in [0.05, 0.1) is 19.3 Å². The smallest absolute Gasteiger partial charge is 0.163 e. The van der Waals surface area contributed by atoms with Crippen LogP contribution < -0.4 is 0 Å². The normalized spacial score (nSPS) is 27.4. The quantitative estimate of drug-likeness (QED) is 0.647. The summed E-state index contributed by atoms with van der Waals surface area (Å²) < 4.78 is 10.9. The molecule has 0 aromatic heterocycles. The minimum atomic E-state index is -0.472. The van der Waals surface area contributed by atoms with Gasteiger partial charge >= 0.3 is 0 Å². The molecule has 0 unspecified atom stereocenters. The minimum absolute atomic E-state index is 0.0281. The summed E-state index contributed by atoms with van der Waals surface area (Å²) in [7, 11) is 0. The SMILES string of the molecule is C=C(CO)C[C@@H]1COC(C)(C)O1. The first-order valence-corrected chi connectivity index (χ1v) is 4.13. The van der Waals surface area contributed by atoms with E-state index in [2.05, 4.69) is 6.58 Å². The summed E-state index contributed by atoms with van der Waals surface area (Å²) >= 11 is 0. The Bertz CT molecular complexity index is 175. The second kappa shape index (κ2) is 3.56. The lowest BCUT2D eigenvalue weighted by Gasteiger charge is -2.17. The lowest BCUT2D eigenvalue weighted by atomic mass is 10.1. The average Bonchev–Trinajstić information content (AvgIpc) is 2.30. The molecule has 70 valence electrons. The highest BCUT2D eigenvalue weighted by atomic mass is 16.7. The first-order valence-electron chi connectivity index (χ1n) is 4.13. The highest BCUT2D eigenvalue weighted by Gasteiger charge is 2.32. The zero-order valence-electron chi connectivity index (χ0n) is 7.67. The van der Waals surface area contributed by atoms with Crippen LogP contribution in [0.25, 0.3) is 0 Å². The Balaban J connectivity index is 2.33. The summed E-state index contributed by atoms with van der Waals surface area (Å²) in [6, 6.07) is 0. The van der Waals surface area contributed by atoms with Gasteiger partial charge < -0.3 is 14.6 Å². The molecule has 1 N–H and O–H groups in total. The maximum absolute atomic E-state index is 8.73. The van der Waals surface area contributed by atoms with Crippen molar-refractivity contribution < 1.29 is 14.6 Å². The van der Waals surface area contributed by atoms with Crippen molar-refractivity contribution in [1.82, 2.24) is 0 Å². The van der Waals surface area contributed by atoms with Gasteiger partial charge in [-0.1, -0.05) is 6.58 Å². The van der Waals surface area contributed by atoms with Gasteiger partial charge in [0.2, 0.25) is 0 Å². The number of ether oxygens (including phenoxy) is 2. The first-order chi connectivity index (χ1) is 5.53. The molecule has 1 atom stereocenters. The third-order valence-corrected chi connectivity index (χ3v) is 1.81. The molecule has 0 aliphatic carbocycles. The van der Waals surface area contributed by atoms with Crippen LogP contribution >= 0.6 is 0 Å². The van der Waals surface area contributed by atoms with Crippen LogP contribution in [0.3, 0.4) is 0 Å². The maximum Gasteiger partial charge on any atom is 0.163 e. The molecule has 1 fully saturated rings. The maximum atomic E-state index is 8.73. The largest absolute Gasteiger partial charge is 0.392 e. The lowest BCUT2D eigenvalue weighted by Crippen LogP contribution is -2.21. The Kier molecular flexibility index (Phi) is 2.88. The van der Waals surface area contributed by atoms with Gasteiger partial charge in [0.25, 0.3) is 0 Å². The van der Waals surface area contributed by atoms with E-state index in [4.69, 9.17) is 14.6 Å². The summed E-state index contributed by atoms with van der Waals surface area (Å²) in [4.78, 5) is 0. The third kappa shape index (κ3) is 2.59. The molecule has 0 saturated carbocycles. The highest BCUT2D eigenvalue weighted by molar-refractivity contribution is 4.97. The van der Waals surface area contributed by atoms with Gasteiger partial charge in [-0.25, -0.2) is 0 Å². The van der Waals surface area contributed by atoms with E-state index in [0.29, 0.717) is 13.0 Å². The standard InChI is InChI=1S/C9H16O3/c1-7(5-10)4-8-6-11-9(2,3)12-8/h8,10H,1,4-6H2,2-3H3/t8-/m1/s1. The lowest BCUT2D eigenvalue weighted by molar-refractivity contribution is -0.138.